The normalized spacial score (nSPS) is 19.7. The molecule has 0 amide bonds. The van der Waals surface area contributed by atoms with Gasteiger partial charge in [-0.1, -0.05) is 83.9 Å². The van der Waals surface area contributed by atoms with E-state index in [2.05, 4.69) is 29.3 Å². The van der Waals surface area contributed by atoms with Gasteiger partial charge in [-0.2, -0.15) is 0 Å². The van der Waals surface area contributed by atoms with Crippen LogP contribution < -0.4 is 4.74 Å². The minimum absolute atomic E-state index is 0.306. The van der Waals surface area contributed by atoms with Crippen LogP contribution in [0.15, 0.2) is 97.6 Å². The van der Waals surface area contributed by atoms with Gasteiger partial charge in [0.2, 0.25) is 5.79 Å². The van der Waals surface area contributed by atoms with Crippen LogP contribution in [-0.2, 0) is 28.4 Å². The van der Waals surface area contributed by atoms with Crippen molar-refractivity contribution < 1.29 is 19.3 Å². The molecular formula is C32H33Cl2N3O4. The molecule has 0 spiro atoms. The lowest BCUT2D eigenvalue weighted by molar-refractivity contribution is -0.189. The molecule has 3 aromatic carbocycles. The molecule has 214 valence electrons. The molecule has 0 bridgehead atoms. The van der Waals surface area contributed by atoms with Gasteiger partial charge in [0.25, 0.3) is 0 Å². The van der Waals surface area contributed by atoms with Crippen LogP contribution in [0, 0.1) is 0 Å². The molecule has 5 rings (SSSR count). The molecule has 7 nitrogen and oxygen atoms in total. The number of ether oxygens (including phenoxy) is 3. The Bertz CT molecular complexity index is 1410. The smallest absolute Gasteiger partial charge is 0.215 e. The maximum Gasteiger partial charge on any atom is 0.215 e. The molecule has 2 heterocycles. The molecule has 1 fully saturated rings. The Hall–Kier alpha value is -3.17. The van der Waals surface area contributed by atoms with Crippen LogP contribution in [0.4, 0.5) is 0 Å². The number of aliphatic hydroxyl groups is 1. The summed E-state index contributed by atoms with van der Waals surface area (Å²) in [5.74, 6) is -0.374. The van der Waals surface area contributed by atoms with Crippen molar-refractivity contribution in [3.63, 3.8) is 0 Å². The summed E-state index contributed by atoms with van der Waals surface area (Å²) in [6.45, 7) is 4.03. The maximum atomic E-state index is 10.3. The molecule has 3 unspecified atom stereocenters. The molecule has 1 saturated heterocycles. The van der Waals surface area contributed by atoms with E-state index in [0.29, 0.717) is 48.5 Å². The first kappa shape index (κ1) is 29.3. The first-order valence-electron chi connectivity index (χ1n) is 13.5. The summed E-state index contributed by atoms with van der Waals surface area (Å²) < 4.78 is 20.7. The Labute approximate surface area is 250 Å². The van der Waals surface area contributed by atoms with Crippen molar-refractivity contribution in [1.29, 1.82) is 0 Å². The maximum absolute atomic E-state index is 10.3. The van der Waals surface area contributed by atoms with Gasteiger partial charge in [0.1, 0.15) is 24.7 Å². The molecule has 1 aromatic heterocycles. The fourth-order valence-electron chi connectivity index (χ4n) is 4.73. The number of aromatic nitrogens is 2. The van der Waals surface area contributed by atoms with Gasteiger partial charge < -0.3 is 23.9 Å². The van der Waals surface area contributed by atoms with Gasteiger partial charge in [-0.05, 0) is 42.3 Å². The van der Waals surface area contributed by atoms with Gasteiger partial charge in [0, 0.05) is 36.1 Å². The predicted molar refractivity (Wildman–Crippen MR) is 161 cm³/mol. The molecule has 0 saturated carbocycles. The molecule has 0 aliphatic carbocycles. The number of aliphatic hydroxyl groups excluding tert-OH is 1. The minimum atomic E-state index is -1.10. The van der Waals surface area contributed by atoms with Gasteiger partial charge in [-0.3, -0.25) is 4.90 Å². The van der Waals surface area contributed by atoms with E-state index in [1.807, 2.05) is 64.2 Å². The molecule has 3 atom stereocenters. The SMILES string of the molecule is CC(O)N(C/C=C\c1ccccc1)Cc1ccc(OCC2COC(Cn3ccnc3)(c3ccc(Cl)cc3Cl)O2)cc1. The van der Waals surface area contributed by atoms with E-state index < -0.39 is 12.0 Å². The standard InChI is InChI=1S/C32H33Cl2N3O4/c1-24(38)37(16-5-8-25-6-3-2-4-7-25)19-26-9-12-28(13-10-26)39-20-29-21-40-32(41-29,22-36-17-15-35-23-36)30-14-11-27(33)18-31(30)34/h2-15,17-18,23-24,29,38H,16,19-22H2,1H3/b8-5-. The fourth-order valence-corrected chi connectivity index (χ4v) is 5.28. The summed E-state index contributed by atoms with van der Waals surface area (Å²) in [6.07, 6.45) is 8.50. The van der Waals surface area contributed by atoms with E-state index >= 15 is 0 Å². The summed E-state index contributed by atoms with van der Waals surface area (Å²) in [7, 11) is 0. The second-order valence-corrected chi connectivity index (χ2v) is 10.8. The van der Waals surface area contributed by atoms with Crippen molar-refractivity contribution in [3.8, 4) is 5.75 Å². The number of hydrogen-bond donors (Lipinski definition) is 1. The average molecular weight is 595 g/mol. The van der Waals surface area contributed by atoms with E-state index in [9.17, 15) is 5.11 Å². The van der Waals surface area contributed by atoms with Gasteiger partial charge >= 0.3 is 0 Å². The highest BCUT2D eigenvalue weighted by molar-refractivity contribution is 6.35. The quantitative estimate of drug-likeness (QED) is 0.192. The van der Waals surface area contributed by atoms with Crippen LogP contribution in [0.1, 0.15) is 23.6 Å². The summed E-state index contributed by atoms with van der Waals surface area (Å²) >= 11 is 12.7. The third-order valence-electron chi connectivity index (χ3n) is 6.87. The van der Waals surface area contributed by atoms with Crippen LogP contribution in [0.5, 0.6) is 5.75 Å². The number of nitrogens with zero attached hydrogens (tertiary/aromatic N) is 3. The monoisotopic (exact) mass is 593 g/mol. The highest BCUT2D eigenvalue weighted by Crippen LogP contribution is 2.40. The number of benzene rings is 3. The van der Waals surface area contributed by atoms with Crippen LogP contribution in [-0.4, -0.2) is 51.6 Å². The highest BCUT2D eigenvalue weighted by Gasteiger charge is 2.45. The van der Waals surface area contributed by atoms with E-state index in [0.717, 1.165) is 16.9 Å². The number of hydrogen-bond acceptors (Lipinski definition) is 6. The van der Waals surface area contributed by atoms with Crippen molar-refractivity contribution in [2.75, 3.05) is 19.8 Å². The lowest BCUT2D eigenvalue weighted by atomic mass is 10.1. The average Bonchev–Trinajstić information content (AvgIpc) is 3.63. The summed E-state index contributed by atoms with van der Waals surface area (Å²) in [5, 5.41) is 11.3. The Morgan fingerprint density at radius 2 is 1.95 bits per heavy atom. The molecule has 4 aromatic rings. The van der Waals surface area contributed by atoms with Crippen LogP contribution >= 0.6 is 23.2 Å². The van der Waals surface area contributed by atoms with E-state index in [-0.39, 0.29) is 6.10 Å². The zero-order valence-corrected chi connectivity index (χ0v) is 24.3. The largest absolute Gasteiger partial charge is 0.491 e. The first-order valence-corrected chi connectivity index (χ1v) is 14.2. The summed E-state index contributed by atoms with van der Waals surface area (Å²) in [5.41, 5.74) is 2.90. The number of imidazole rings is 1. The van der Waals surface area contributed by atoms with Crippen LogP contribution in [0.25, 0.3) is 6.08 Å². The van der Waals surface area contributed by atoms with Crippen LogP contribution in [0.3, 0.4) is 0 Å². The zero-order chi connectivity index (χ0) is 28.7. The second-order valence-electron chi connectivity index (χ2n) is 9.99. The van der Waals surface area contributed by atoms with Crippen molar-refractivity contribution in [3.05, 3.63) is 124 Å². The molecule has 1 aliphatic rings. The van der Waals surface area contributed by atoms with E-state index in [1.165, 1.54) is 0 Å². The molecule has 1 N–H and O–H groups in total. The molecule has 0 radical (unpaired) electrons. The molecular weight excluding hydrogens is 561 g/mol. The lowest BCUT2D eigenvalue weighted by Gasteiger charge is -2.30. The fraction of sp³-hybridized carbons (Fsp3) is 0.281. The highest BCUT2D eigenvalue weighted by atomic mass is 35.5. The van der Waals surface area contributed by atoms with Crippen molar-refractivity contribution in [2.45, 2.75) is 38.1 Å². The molecule has 1 aliphatic heterocycles. The van der Waals surface area contributed by atoms with Crippen molar-refractivity contribution in [1.82, 2.24) is 14.5 Å². The first-order chi connectivity index (χ1) is 19.9. The number of rotatable bonds is 12. The Balaban J connectivity index is 1.18. The van der Waals surface area contributed by atoms with Gasteiger partial charge in [0.05, 0.1) is 24.5 Å². The van der Waals surface area contributed by atoms with Gasteiger partial charge in [0.15, 0.2) is 0 Å². The topological polar surface area (TPSA) is 69.0 Å². The Morgan fingerprint density at radius 1 is 1.15 bits per heavy atom. The predicted octanol–water partition coefficient (Wildman–Crippen LogP) is 6.39. The number of halogens is 2. The third-order valence-corrected chi connectivity index (χ3v) is 7.42. The van der Waals surface area contributed by atoms with Crippen LogP contribution in [0.2, 0.25) is 10.0 Å². The minimum Gasteiger partial charge on any atom is -0.491 e. The third kappa shape index (κ3) is 7.77. The summed E-state index contributed by atoms with van der Waals surface area (Å²) in [6, 6.07) is 23.3. The lowest BCUT2D eigenvalue weighted by Crippen LogP contribution is -2.34. The van der Waals surface area contributed by atoms with Gasteiger partial charge in [-0.25, -0.2) is 4.98 Å². The van der Waals surface area contributed by atoms with E-state index in [1.54, 1.807) is 31.6 Å². The summed E-state index contributed by atoms with van der Waals surface area (Å²) in [4.78, 5) is 6.12. The van der Waals surface area contributed by atoms with Crippen molar-refractivity contribution >= 4 is 29.3 Å². The van der Waals surface area contributed by atoms with Gasteiger partial charge in [-0.15, -0.1) is 0 Å². The zero-order valence-electron chi connectivity index (χ0n) is 22.8. The van der Waals surface area contributed by atoms with E-state index in [4.69, 9.17) is 37.4 Å². The van der Waals surface area contributed by atoms with Crippen molar-refractivity contribution in [2.24, 2.45) is 0 Å². The second kappa shape index (κ2) is 13.7. The Kier molecular flexibility index (Phi) is 9.77. The molecule has 41 heavy (non-hydrogen) atoms. The molecule has 9 heteroatoms. The Morgan fingerprint density at radius 3 is 2.66 bits per heavy atom.